The molecule has 1 amide bonds. The van der Waals surface area contributed by atoms with E-state index < -0.39 is 0 Å². The number of likely N-dealkylation sites (tertiary alicyclic amines) is 1. The van der Waals surface area contributed by atoms with E-state index >= 15 is 0 Å². The molecule has 144 valence electrons. The van der Waals surface area contributed by atoms with Crippen molar-refractivity contribution in [2.75, 3.05) is 33.2 Å². The van der Waals surface area contributed by atoms with Crippen molar-refractivity contribution in [2.45, 2.75) is 38.6 Å². The van der Waals surface area contributed by atoms with Gasteiger partial charge in [0.15, 0.2) is 0 Å². The fraction of sp³-hybridized carbons (Fsp3) is 0.632. The summed E-state index contributed by atoms with van der Waals surface area (Å²) in [5.41, 5.74) is 1.43. The molecule has 2 N–H and O–H groups in total. The van der Waals surface area contributed by atoms with Gasteiger partial charge in [-0.25, -0.2) is 0 Å². The number of piperidine rings is 1. The lowest BCUT2D eigenvalue weighted by molar-refractivity contribution is -0.126. The zero-order valence-electron chi connectivity index (χ0n) is 15.4. The van der Waals surface area contributed by atoms with E-state index in [1.165, 1.54) is 24.8 Å². The summed E-state index contributed by atoms with van der Waals surface area (Å²) >= 11 is 0. The third kappa shape index (κ3) is 8.41. The number of amides is 1. The van der Waals surface area contributed by atoms with Crippen molar-refractivity contribution in [3.63, 3.8) is 0 Å². The molecule has 1 aliphatic rings. The zero-order chi connectivity index (χ0) is 16.5. The first kappa shape index (κ1) is 24.2. The van der Waals surface area contributed by atoms with Crippen LogP contribution in [0, 0.1) is 5.92 Å². The van der Waals surface area contributed by atoms with E-state index in [-0.39, 0.29) is 36.8 Å². The molecule has 6 heteroatoms. The van der Waals surface area contributed by atoms with Gasteiger partial charge in [0.2, 0.25) is 5.91 Å². The summed E-state index contributed by atoms with van der Waals surface area (Å²) in [5, 5.41) is 6.14. The minimum absolute atomic E-state index is 0. The van der Waals surface area contributed by atoms with Gasteiger partial charge in [0.05, 0.1) is 6.04 Å². The van der Waals surface area contributed by atoms with E-state index in [2.05, 4.69) is 45.9 Å². The molecular weight excluding hydrogens is 357 g/mol. The second-order valence-corrected chi connectivity index (χ2v) is 6.59. The number of carbonyl (C=O) groups is 1. The summed E-state index contributed by atoms with van der Waals surface area (Å²) < 4.78 is 0. The molecule has 0 spiro atoms. The number of nitrogens with one attached hydrogen (secondary N) is 2. The van der Waals surface area contributed by atoms with E-state index in [1.54, 1.807) is 0 Å². The number of hydrogen-bond acceptors (Lipinski definition) is 3. The van der Waals surface area contributed by atoms with Crippen molar-refractivity contribution >= 4 is 30.7 Å². The highest BCUT2D eigenvalue weighted by Gasteiger charge is 2.26. The van der Waals surface area contributed by atoms with Crippen LogP contribution in [0.4, 0.5) is 0 Å². The number of halogens is 2. The third-order valence-electron chi connectivity index (χ3n) is 4.85. The van der Waals surface area contributed by atoms with Gasteiger partial charge in [-0.1, -0.05) is 30.3 Å². The maximum Gasteiger partial charge on any atom is 0.237 e. The van der Waals surface area contributed by atoms with Gasteiger partial charge in [-0.3, -0.25) is 9.69 Å². The monoisotopic (exact) mass is 389 g/mol. The molecule has 1 aromatic rings. The number of rotatable bonds is 8. The summed E-state index contributed by atoms with van der Waals surface area (Å²) in [6, 6.07) is 10.7. The SMILES string of the molecule is CNCCCNC(=O)C(C)N1CCC(Cc2ccccc2)CC1.Cl.Cl. The minimum Gasteiger partial charge on any atom is -0.355 e. The van der Waals surface area contributed by atoms with Gasteiger partial charge in [-0.15, -0.1) is 24.8 Å². The summed E-state index contributed by atoms with van der Waals surface area (Å²) in [6.45, 7) is 5.80. The van der Waals surface area contributed by atoms with Crippen molar-refractivity contribution < 1.29 is 4.79 Å². The van der Waals surface area contributed by atoms with E-state index in [4.69, 9.17) is 0 Å². The van der Waals surface area contributed by atoms with Crippen LogP contribution in [0.1, 0.15) is 31.7 Å². The van der Waals surface area contributed by atoms with Crippen LogP contribution < -0.4 is 10.6 Å². The Morgan fingerprint density at radius 1 is 1.16 bits per heavy atom. The lowest BCUT2D eigenvalue weighted by Gasteiger charge is -2.35. The molecule has 25 heavy (non-hydrogen) atoms. The normalized spacial score (nSPS) is 16.4. The van der Waals surface area contributed by atoms with Crippen molar-refractivity contribution in [2.24, 2.45) is 5.92 Å². The predicted molar refractivity (Wildman–Crippen MR) is 110 cm³/mol. The second kappa shape index (κ2) is 13.4. The number of nitrogens with zero attached hydrogens (tertiary/aromatic N) is 1. The predicted octanol–water partition coefficient (Wildman–Crippen LogP) is 2.90. The second-order valence-electron chi connectivity index (χ2n) is 6.59. The van der Waals surface area contributed by atoms with Gasteiger partial charge in [-0.2, -0.15) is 0 Å². The molecule has 1 atom stereocenters. The van der Waals surface area contributed by atoms with Crippen LogP contribution in [0.15, 0.2) is 30.3 Å². The molecule has 1 aromatic carbocycles. The number of carbonyl (C=O) groups excluding carboxylic acids is 1. The molecule has 1 heterocycles. The Labute approximate surface area is 164 Å². The lowest BCUT2D eigenvalue weighted by atomic mass is 9.89. The highest BCUT2D eigenvalue weighted by atomic mass is 35.5. The summed E-state index contributed by atoms with van der Waals surface area (Å²) in [6.07, 6.45) is 4.52. The first-order valence-corrected chi connectivity index (χ1v) is 8.91. The van der Waals surface area contributed by atoms with Crippen molar-refractivity contribution in [3.05, 3.63) is 35.9 Å². The van der Waals surface area contributed by atoms with Gasteiger partial charge < -0.3 is 10.6 Å². The molecule has 0 aliphatic carbocycles. The van der Waals surface area contributed by atoms with Crippen molar-refractivity contribution in [1.82, 2.24) is 15.5 Å². The maximum atomic E-state index is 12.2. The Balaban J connectivity index is 0.00000288. The Hall–Kier alpha value is -0.810. The Kier molecular flexibility index (Phi) is 13.0. The van der Waals surface area contributed by atoms with Crippen LogP contribution in [0.25, 0.3) is 0 Å². The van der Waals surface area contributed by atoms with Crippen LogP contribution in [0.3, 0.4) is 0 Å². The van der Waals surface area contributed by atoms with Crippen molar-refractivity contribution in [1.29, 1.82) is 0 Å². The number of benzene rings is 1. The van der Waals surface area contributed by atoms with E-state index in [0.717, 1.165) is 38.5 Å². The Morgan fingerprint density at radius 2 is 1.80 bits per heavy atom. The van der Waals surface area contributed by atoms with Gasteiger partial charge in [0.25, 0.3) is 0 Å². The molecule has 0 bridgehead atoms. The summed E-state index contributed by atoms with van der Waals surface area (Å²) in [5.74, 6) is 0.919. The molecular formula is C19H33Cl2N3O. The first-order valence-electron chi connectivity index (χ1n) is 8.91. The fourth-order valence-corrected chi connectivity index (χ4v) is 3.28. The number of hydrogen-bond donors (Lipinski definition) is 2. The zero-order valence-corrected chi connectivity index (χ0v) is 17.0. The maximum absolute atomic E-state index is 12.2. The quantitative estimate of drug-likeness (QED) is 0.671. The first-order chi connectivity index (χ1) is 11.2. The third-order valence-corrected chi connectivity index (χ3v) is 4.85. The van der Waals surface area contributed by atoms with Gasteiger partial charge in [-0.05, 0) is 70.8 Å². The molecule has 1 unspecified atom stereocenters. The molecule has 0 saturated carbocycles. The van der Waals surface area contributed by atoms with Crippen LogP contribution in [-0.2, 0) is 11.2 Å². The molecule has 4 nitrogen and oxygen atoms in total. The van der Waals surface area contributed by atoms with Gasteiger partial charge >= 0.3 is 0 Å². The highest BCUT2D eigenvalue weighted by Crippen LogP contribution is 2.22. The highest BCUT2D eigenvalue weighted by molar-refractivity contribution is 5.85. The van der Waals surface area contributed by atoms with Gasteiger partial charge in [0, 0.05) is 6.54 Å². The van der Waals surface area contributed by atoms with Crippen LogP contribution in [-0.4, -0.2) is 50.1 Å². The smallest absolute Gasteiger partial charge is 0.237 e. The summed E-state index contributed by atoms with van der Waals surface area (Å²) in [7, 11) is 1.93. The van der Waals surface area contributed by atoms with Crippen LogP contribution in [0.5, 0.6) is 0 Å². The van der Waals surface area contributed by atoms with Crippen molar-refractivity contribution in [3.8, 4) is 0 Å². The lowest BCUT2D eigenvalue weighted by Crippen LogP contribution is -2.48. The van der Waals surface area contributed by atoms with Crippen LogP contribution >= 0.6 is 24.8 Å². The molecule has 0 radical (unpaired) electrons. The topological polar surface area (TPSA) is 44.4 Å². The largest absolute Gasteiger partial charge is 0.355 e. The van der Waals surface area contributed by atoms with Crippen LogP contribution in [0.2, 0.25) is 0 Å². The van der Waals surface area contributed by atoms with Gasteiger partial charge in [0.1, 0.15) is 0 Å². The molecule has 2 rings (SSSR count). The standard InChI is InChI=1S/C19H31N3O.2ClH/c1-16(19(23)21-12-6-11-20-2)22-13-9-18(10-14-22)15-17-7-4-3-5-8-17;;/h3-5,7-8,16,18,20H,6,9-15H2,1-2H3,(H,21,23);2*1H. The molecule has 1 fully saturated rings. The van der Waals surface area contributed by atoms with E-state index in [0.29, 0.717) is 0 Å². The average Bonchev–Trinajstić information content (AvgIpc) is 2.59. The summed E-state index contributed by atoms with van der Waals surface area (Å²) in [4.78, 5) is 14.5. The molecule has 1 aliphatic heterocycles. The Morgan fingerprint density at radius 3 is 2.40 bits per heavy atom. The van der Waals surface area contributed by atoms with E-state index in [9.17, 15) is 4.79 Å². The molecule has 0 aromatic heterocycles. The fourth-order valence-electron chi connectivity index (χ4n) is 3.28. The van der Waals surface area contributed by atoms with E-state index in [1.807, 2.05) is 14.0 Å². The molecule has 1 saturated heterocycles. The average molecular weight is 390 g/mol. The minimum atomic E-state index is -0.0118. The Bertz CT molecular complexity index is 465.